The predicted octanol–water partition coefficient (Wildman–Crippen LogP) is 3.51. The average molecular weight is 283 g/mol. The van der Waals surface area contributed by atoms with Crippen molar-refractivity contribution in [2.75, 3.05) is 13.2 Å². The zero-order chi connectivity index (χ0) is 14.5. The average Bonchev–Trinajstić information content (AvgIpc) is 3.34. The Morgan fingerprint density at radius 2 is 1.81 bits per heavy atom. The minimum Gasteiger partial charge on any atom is -0.457 e. The number of ether oxygens (including phenoxy) is 1. The van der Waals surface area contributed by atoms with Gasteiger partial charge in [0.05, 0.1) is 12.6 Å². The van der Waals surface area contributed by atoms with Gasteiger partial charge in [0.1, 0.15) is 11.5 Å². The Balaban J connectivity index is 1.68. The maximum absolute atomic E-state index is 9.59. The highest BCUT2D eigenvalue weighted by molar-refractivity contribution is 5.35. The Labute approximate surface area is 125 Å². The van der Waals surface area contributed by atoms with Crippen LogP contribution in [-0.4, -0.2) is 18.3 Å². The molecule has 0 spiro atoms. The molecule has 0 radical (unpaired) electrons. The van der Waals surface area contributed by atoms with E-state index in [1.165, 1.54) is 12.8 Å². The molecule has 0 bridgehead atoms. The Bertz CT molecular complexity index is 566. The van der Waals surface area contributed by atoms with Crippen LogP contribution in [0.3, 0.4) is 0 Å². The molecule has 1 fully saturated rings. The van der Waals surface area contributed by atoms with Crippen molar-refractivity contribution in [3.8, 4) is 11.5 Å². The fourth-order valence-electron chi connectivity index (χ4n) is 2.34. The van der Waals surface area contributed by atoms with Crippen molar-refractivity contribution in [3.05, 3.63) is 60.2 Å². The number of hydrogen-bond donors (Lipinski definition) is 2. The van der Waals surface area contributed by atoms with Crippen LogP contribution in [0, 0.1) is 5.92 Å². The van der Waals surface area contributed by atoms with E-state index in [1.807, 2.05) is 54.6 Å². The van der Waals surface area contributed by atoms with Gasteiger partial charge < -0.3 is 15.2 Å². The van der Waals surface area contributed by atoms with Crippen LogP contribution in [0.2, 0.25) is 0 Å². The summed E-state index contributed by atoms with van der Waals surface area (Å²) in [5, 5.41) is 13.0. The number of nitrogens with one attached hydrogen (secondary N) is 1. The summed E-state index contributed by atoms with van der Waals surface area (Å²) < 4.78 is 5.84. The minimum absolute atomic E-state index is 0.0232. The second kappa shape index (κ2) is 6.74. The number of hydrogen-bond acceptors (Lipinski definition) is 3. The van der Waals surface area contributed by atoms with Crippen molar-refractivity contribution in [2.45, 2.75) is 18.9 Å². The molecule has 3 heteroatoms. The van der Waals surface area contributed by atoms with Gasteiger partial charge in [-0.25, -0.2) is 0 Å². The highest BCUT2D eigenvalue weighted by atomic mass is 16.5. The standard InChI is InChI=1S/C18H21NO2/c20-13-18(19-12-14-9-10-14)15-5-4-8-17(11-15)21-16-6-2-1-3-7-16/h1-8,11,14,18-20H,9-10,12-13H2. The predicted molar refractivity (Wildman–Crippen MR) is 83.5 cm³/mol. The van der Waals surface area contributed by atoms with Crippen molar-refractivity contribution < 1.29 is 9.84 Å². The summed E-state index contributed by atoms with van der Waals surface area (Å²) in [4.78, 5) is 0. The quantitative estimate of drug-likeness (QED) is 0.817. The molecule has 0 saturated heterocycles. The summed E-state index contributed by atoms with van der Waals surface area (Å²) in [7, 11) is 0. The van der Waals surface area contributed by atoms with E-state index in [-0.39, 0.29) is 12.6 Å². The highest BCUT2D eigenvalue weighted by Gasteiger charge is 2.22. The Hall–Kier alpha value is -1.84. The molecule has 1 unspecified atom stereocenters. The summed E-state index contributed by atoms with van der Waals surface area (Å²) in [6.45, 7) is 1.08. The van der Waals surface area contributed by atoms with E-state index in [0.29, 0.717) is 0 Å². The number of aliphatic hydroxyl groups is 1. The van der Waals surface area contributed by atoms with Crippen LogP contribution in [0.4, 0.5) is 0 Å². The Morgan fingerprint density at radius 3 is 2.52 bits per heavy atom. The molecule has 21 heavy (non-hydrogen) atoms. The van der Waals surface area contributed by atoms with Gasteiger partial charge in [-0.2, -0.15) is 0 Å². The Kier molecular flexibility index (Phi) is 4.53. The zero-order valence-electron chi connectivity index (χ0n) is 12.0. The first-order chi connectivity index (χ1) is 10.3. The van der Waals surface area contributed by atoms with Gasteiger partial charge in [0.2, 0.25) is 0 Å². The SMILES string of the molecule is OCC(NCC1CC1)c1cccc(Oc2ccccc2)c1. The molecule has 0 aromatic heterocycles. The van der Waals surface area contributed by atoms with Crippen molar-refractivity contribution >= 4 is 0 Å². The van der Waals surface area contributed by atoms with E-state index in [1.54, 1.807) is 0 Å². The third kappa shape index (κ3) is 4.06. The molecular formula is C18H21NO2. The van der Waals surface area contributed by atoms with Crippen LogP contribution in [0.15, 0.2) is 54.6 Å². The van der Waals surface area contributed by atoms with Crippen LogP contribution >= 0.6 is 0 Å². The number of rotatable bonds is 7. The van der Waals surface area contributed by atoms with Gasteiger partial charge in [-0.15, -0.1) is 0 Å². The second-order valence-corrected chi connectivity index (χ2v) is 5.57. The number of benzene rings is 2. The molecule has 1 aliphatic carbocycles. The molecule has 110 valence electrons. The fraction of sp³-hybridized carbons (Fsp3) is 0.333. The largest absolute Gasteiger partial charge is 0.457 e. The first-order valence-electron chi connectivity index (χ1n) is 7.52. The maximum Gasteiger partial charge on any atom is 0.127 e. The normalized spacial score (nSPS) is 15.7. The highest BCUT2D eigenvalue weighted by Crippen LogP contribution is 2.29. The fourth-order valence-corrected chi connectivity index (χ4v) is 2.34. The molecule has 0 heterocycles. The molecule has 2 aromatic rings. The van der Waals surface area contributed by atoms with Gasteiger partial charge in [-0.3, -0.25) is 0 Å². The van der Waals surface area contributed by atoms with Crippen LogP contribution in [0.5, 0.6) is 11.5 Å². The van der Waals surface area contributed by atoms with Gasteiger partial charge in [-0.05, 0) is 55.1 Å². The molecule has 0 aliphatic heterocycles. The molecule has 1 aliphatic rings. The summed E-state index contributed by atoms with van der Waals surface area (Å²) in [6.07, 6.45) is 2.62. The van der Waals surface area contributed by atoms with Crippen molar-refractivity contribution in [1.82, 2.24) is 5.32 Å². The summed E-state index contributed by atoms with van der Waals surface area (Å²) in [5.41, 5.74) is 1.06. The van der Waals surface area contributed by atoms with Gasteiger partial charge in [-0.1, -0.05) is 30.3 Å². The lowest BCUT2D eigenvalue weighted by molar-refractivity contribution is 0.243. The zero-order valence-corrected chi connectivity index (χ0v) is 12.0. The summed E-state index contributed by atoms with van der Waals surface area (Å²) in [6, 6.07) is 17.6. The first kappa shape index (κ1) is 14.1. The maximum atomic E-state index is 9.59. The first-order valence-corrected chi connectivity index (χ1v) is 7.52. The monoisotopic (exact) mass is 283 g/mol. The van der Waals surface area contributed by atoms with Crippen molar-refractivity contribution in [2.24, 2.45) is 5.92 Å². The third-order valence-corrected chi connectivity index (χ3v) is 3.77. The van der Waals surface area contributed by atoms with E-state index < -0.39 is 0 Å². The Morgan fingerprint density at radius 1 is 1.05 bits per heavy atom. The molecule has 0 amide bonds. The van der Waals surface area contributed by atoms with Gasteiger partial charge >= 0.3 is 0 Å². The molecule has 2 aromatic carbocycles. The molecule has 1 atom stereocenters. The number of aliphatic hydroxyl groups excluding tert-OH is 1. The summed E-state index contributed by atoms with van der Waals surface area (Å²) in [5.74, 6) is 2.41. The van der Waals surface area contributed by atoms with E-state index in [4.69, 9.17) is 4.74 Å². The van der Waals surface area contributed by atoms with Gasteiger partial charge in [0, 0.05) is 0 Å². The molecular weight excluding hydrogens is 262 g/mol. The van der Waals surface area contributed by atoms with E-state index in [2.05, 4.69) is 5.32 Å². The van der Waals surface area contributed by atoms with Crippen LogP contribution in [0.25, 0.3) is 0 Å². The van der Waals surface area contributed by atoms with E-state index in [9.17, 15) is 5.11 Å². The molecule has 3 nitrogen and oxygen atoms in total. The summed E-state index contributed by atoms with van der Waals surface area (Å²) >= 11 is 0. The van der Waals surface area contributed by atoms with Crippen molar-refractivity contribution in [1.29, 1.82) is 0 Å². The molecule has 3 rings (SSSR count). The smallest absolute Gasteiger partial charge is 0.127 e. The minimum atomic E-state index is -0.0232. The lowest BCUT2D eigenvalue weighted by atomic mass is 10.1. The lowest BCUT2D eigenvalue weighted by Crippen LogP contribution is -2.26. The lowest BCUT2D eigenvalue weighted by Gasteiger charge is -2.17. The van der Waals surface area contributed by atoms with Crippen molar-refractivity contribution in [3.63, 3.8) is 0 Å². The van der Waals surface area contributed by atoms with Crippen LogP contribution in [-0.2, 0) is 0 Å². The third-order valence-electron chi connectivity index (χ3n) is 3.77. The van der Waals surface area contributed by atoms with Gasteiger partial charge in [0.15, 0.2) is 0 Å². The molecule has 1 saturated carbocycles. The molecule has 2 N–H and O–H groups in total. The number of para-hydroxylation sites is 1. The van der Waals surface area contributed by atoms with E-state index in [0.717, 1.165) is 29.5 Å². The van der Waals surface area contributed by atoms with E-state index >= 15 is 0 Å². The topological polar surface area (TPSA) is 41.5 Å². The second-order valence-electron chi connectivity index (χ2n) is 5.57. The van der Waals surface area contributed by atoms with Crippen LogP contribution < -0.4 is 10.1 Å². The van der Waals surface area contributed by atoms with Crippen LogP contribution in [0.1, 0.15) is 24.4 Å². The van der Waals surface area contributed by atoms with Gasteiger partial charge in [0.25, 0.3) is 0 Å².